The molecule has 70 valence electrons. The first-order valence-corrected chi connectivity index (χ1v) is 4.51. The predicted octanol–water partition coefficient (Wildman–Crippen LogP) is 0.410. The standard InChI is InChI=1S/C10H9N3O/c11-7-5-13-9(14)2-1-8-10(13)6(7)3-4-12-8/h1-4,7H,5,11H2/t7-/m0/s1. The van der Waals surface area contributed by atoms with Gasteiger partial charge in [0.1, 0.15) is 0 Å². The van der Waals surface area contributed by atoms with Gasteiger partial charge in [0.15, 0.2) is 0 Å². The van der Waals surface area contributed by atoms with Crippen molar-refractivity contribution in [3.8, 4) is 0 Å². The first-order chi connectivity index (χ1) is 6.77. The van der Waals surface area contributed by atoms with Crippen LogP contribution < -0.4 is 11.3 Å². The van der Waals surface area contributed by atoms with E-state index in [0.29, 0.717) is 6.54 Å². The minimum atomic E-state index is -0.0735. The Kier molecular flexibility index (Phi) is 1.33. The van der Waals surface area contributed by atoms with Crippen molar-refractivity contribution >= 4 is 11.0 Å². The molecule has 3 heterocycles. The molecule has 0 aliphatic carbocycles. The maximum Gasteiger partial charge on any atom is 0.251 e. The van der Waals surface area contributed by atoms with Crippen LogP contribution in [-0.2, 0) is 6.54 Å². The van der Waals surface area contributed by atoms with Gasteiger partial charge in [-0.1, -0.05) is 0 Å². The first-order valence-electron chi connectivity index (χ1n) is 4.51. The van der Waals surface area contributed by atoms with E-state index in [1.54, 1.807) is 16.8 Å². The Morgan fingerprint density at radius 2 is 2.29 bits per heavy atom. The molecule has 0 spiro atoms. The average molecular weight is 187 g/mol. The van der Waals surface area contributed by atoms with E-state index >= 15 is 0 Å². The molecular weight excluding hydrogens is 178 g/mol. The summed E-state index contributed by atoms with van der Waals surface area (Å²) in [5, 5.41) is 0. The minimum Gasteiger partial charge on any atom is -0.322 e. The van der Waals surface area contributed by atoms with Gasteiger partial charge in [0.25, 0.3) is 5.56 Å². The van der Waals surface area contributed by atoms with Gasteiger partial charge in [-0.2, -0.15) is 0 Å². The normalized spacial score (nSPS) is 19.1. The van der Waals surface area contributed by atoms with Crippen LogP contribution in [0.4, 0.5) is 0 Å². The van der Waals surface area contributed by atoms with Crippen molar-refractivity contribution < 1.29 is 0 Å². The minimum absolute atomic E-state index is 0.000278. The molecule has 3 rings (SSSR count). The average Bonchev–Trinajstić information content (AvgIpc) is 2.53. The van der Waals surface area contributed by atoms with E-state index in [1.165, 1.54) is 6.07 Å². The van der Waals surface area contributed by atoms with Gasteiger partial charge in [-0.3, -0.25) is 9.78 Å². The Bertz CT molecular complexity index is 573. The van der Waals surface area contributed by atoms with Gasteiger partial charge in [0.2, 0.25) is 0 Å². The van der Waals surface area contributed by atoms with Crippen LogP contribution in [0.25, 0.3) is 11.0 Å². The van der Waals surface area contributed by atoms with E-state index in [9.17, 15) is 4.79 Å². The molecule has 4 heteroatoms. The summed E-state index contributed by atoms with van der Waals surface area (Å²) in [5.41, 5.74) is 8.68. The summed E-state index contributed by atoms with van der Waals surface area (Å²) < 4.78 is 1.70. The molecule has 1 atom stereocenters. The smallest absolute Gasteiger partial charge is 0.251 e. The Labute approximate surface area is 80.0 Å². The molecule has 0 amide bonds. The number of rotatable bonds is 0. The Balaban J connectivity index is 2.58. The first kappa shape index (κ1) is 7.70. The number of pyridine rings is 2. The molecule has 0 bridgehead atoms. The van der Waals surface area contributed by atoms with Gasteiger partial charge in [-0.25, -0.2) is 0 Å². The molecule has 2 aromatic heterocycles. The Hall–Kier alpha value is -1.68. The lowest BCUT2D eigenvalue weighted by Crippen LogP contribution is -2.19. The third-order valence-electron chi connectivity index (χ3n) is 2.68. The SMILES string of the molecule is N[C@H]1Cn2c(=O)ccc3nccc1c32. The van der Waals surface area contributed by atoms with Crippen LogP contribution in [0.5, 0.6) is 0 Å². The van der Waals surface area contributed by atoms with Gasteiger partial charge in [-0.05, 0) is 17.7 Å². The van der Waals surface area contributed by atoms with Gasteiger partial charge >= 0.3 is 0 Å². The summed E-state index contributed by atoms with van der Waals surface area (Å²) >= 11 is 0. The molecule has 2 aromatic rings. The predicted molar refractivity (Wildman–Crippen MR) is 52.9 cm³/mol. The van der Waals surface area contributed by atoms with Crippen molar-refractivity contribution in [3.63, 3.8) is 0 Å². The third-order valence-corrected chi connectivity index (χ3v) is 2.68. The van der Waals surface area contributed by atoms with Crippen molar-refractivity contribution in [3.05, 3.63) is 40.3 Å². The number of hydrogen-bond donors (Lipinski definition) is 1. The summed E-state index contributed by atoms with van der Waals surface area (Å²) in [6, 6.07) is 5.10. The van der Waals surface area contributed by atoms with E-state index < -0.39 is 0 Å². The quantitative estimate of drug-likeness (QED) is 0.649. The highest BCUT2D eigenvalue weighted by Gasteiger charge is 2.21. The maximum absolute atomic E-state index is 11.5. The highest BCUT2D eigenvalue weighted by atomic mass is 16.1. The lowest BCUT2D eigenvalue weighted by molar-refractivity contribution is 0.621. The lowest BCUT2D eigenvalue weighted by atomic mass is 10.1. The third kappa shape index (κ3) is 0.807. The Morgan fingerprint density at radius 3 is 3.14 bits per heavy atom. The van der Waals surface area contributed by atoms with Crippen LogP contribution in [0.1, 0.15) is 11.6 Å². The maximum atomic E-state index is 11.5. The van der Waals surface area contributed by atoms with Crippen molar-refractivity contribution in [2.24, 2.45) is 5.73 Å². The van der Waals surface area contributed by atoms with Gasteiger partial charge in [0.05, 0.1) is 17.1 Å². The van der Waals surface area contributed by atoms with Gasteiger partial charge in [0, 0.05) is 18.8 Å². The number of aromatic nitrogens is 2. The second kappa shape index (κ2) is 2.42. The zero-order chi connectivity index (χ0) is 9.71. The monoisotopic (exact) mass is 187 g/mol. The van der Waals surface area contributed by atoms with Gasteiger partial charge < -0.3 is 10.3 Å². The zero-order valence-corrected chi connectivity index (χ0v) is 7.47. The Morgan fingerprint density at radius 1 is 1.43 bits per heavy atom. The van der Waals surface area contributed by atoms with E-state index in [-0.39, 0.29) is 11.6 Å². The number of nitrogens with zero attached hydrogens (tertiary/aromatic N) is 2. The van der Waals surface area contributed by atoms with Crippen LogP contribution in [0.2, 0.25) is 0 Å². The van der Waals surface area contributed by atoms with Crippen molar-refractivity contribution in [1.29, 1.82) is 0 Å². The van der Waals surface area contributed by atoms with E-state index in [4.69, 9.17) is 5.73 Å². The summed E-state index contributed by atoms with van der Waals surface area (Å²) in [4.78, 5) is 15.7. The molecule has 0 aromatic carbocycles. The highest BCUT2D eigenvalue weighted by Crippen LogP contribution is 2.27. The lowest BCUT2D eigenvalue weighted by Gasteiger charge is -2.00. The molecule has 2 N–H and O–H groups in total. The molecule has 0 unspecified atom stereocenters. The van der Waals surface area contributed by atoms with Gasteiger partial charge in [-0.15, -0.1) is 0 Å². The van der Waals surface area contributed by atoms with Crippen LogP contribution in [-0.4, -0.2) is 9.55 Å². The van der Waals surface area contributed by atoms with E-state index in [0.717, 1.165) is 16.6 Å². The fourth-order valence-electron chi connectivity index (χ4n) is 2.03. The van der Waals surface area contributed by atoms with Crippen LogP contribution in [0.15, 0.2) is 29.2 Å². The molecule has 0 fully saturated rings. The van der Waals surface area contributed by atoms with Crippen molar-refractivity contribution in [2.75, 3.05) is 0 Å². The molecule has 4 nitrogen and oxygen atoms in total. The fraction of sp³-hybridized carbons (Fsp3) is 0.200. The molecule has 1 aliphatic rings. The van der Waals surface area contributed by atoms with E-state index in [2.05, 4.69) is 4.98 Å². The summed E-state index contributed by atoms with van der Waals surface area (Å²) in [6.45, 7) is 0.567. The van der Waals surface area contributed by atoms with E-state index in [1.807, 2.05) is 6.07 Å². The molecule has 0 radical (unpaired) electrons. The summed E-state index contributed by atoms with van der Waals surface area (Å²) in [5.74, 6) is 0. The molecule has 0 saturated heterocycles. The van der Waals surface area contributed by atoms with Crippen LogP contribution in [0, 0.1) is 0 Å². The second-order valence-corrected chi connectivity index (χ2v) is 3.52. The van der Waals surface area contributed by atoms with Crippen LogP contribution >= 0.6 is 0 Å². The molecular formula is C10H9N3O. The second-order valence-electron chi connectivity index (χ2n) is 3.52. The molecule has 0 saturated carbocycles. The summed E-state index contributed by atoms with van der Waals surface area (Å²) in [6.07, 6.45) is 1.73. The molecule has 14 heavy (non-hydrogen) atoms. The van der Waals surface area contributed by atoms with Crippen LogP contribution in [0.3, 0.4) is 0 Å². The number of nitrogens with two attached hydrogens (primary N) is 1. The zero-order valence-electron chi connectivity index (χ0n) is 7.47. The molecule has 1 aliphatic heterocycles. The largest absolute Gasteiger partial charge is 0.322 e. The highest BCUT2D eigenvalue weighted by molar-refractivity contribution is 5.80. The summed E-state index contributed by atoms with van der Waals surface area (Å²) in [7, 11) is 0. The number of hydrogen-bond acceptors (Lipinski definition) is 3. The fourth-order valence-corrected chi connectivity index (χ4v) is 2.03. The van der Waals surface area contributed by atoms with Crippen molar-refractivity contribution in [2.45, 2.75) is 12.6 Å². The topological polar surface area (TPSA) is 60.9 Å². The van der Waals surface area contributed by atoms with Crippen molar-refractivity contribution in [1.82, 2.24) is 9.55 Å².